The summed E-state index contributed by atoms with van der Waals surface area (Å²) in [6, 6.07) is 10.9. The van der Waals surface area contributed by atoms with Crippen molar-refractivity contribution in [1.29, 1.82) is 0 Å². The highest BCUT2D eigenvalue weighted by molar-refractivity contribution is 6.30. The van der Waals surface area contributed by atoms with Crippen molar-refractivity contribution < 1.29 is 19.0 Å². The highest BCUT2D eigenvalue weighted by atomic mass is 35.5. The van der Waals surface area contributed by atoms with E-state index in [1.165, 1.54) is 32.2 Å². The first-order chi connectivity index (χ1) is 11.8. The Morgan fingerprint density at radius 3 is 2.64 bits per heavy atom. The van der Waals surface area contributed by atoms with Gasteiger partial charge < -0.3 is 9.84 Å². The monoisotopic (exact) mass is 364 g/mol. The smallest absolute Gasteiger partial charge is 0.271 e. The maximum atomic E-state index is 12.9. The van der Waals surface area contributed by atoms with Crippen LogP contribution < -0.4 is 10.2 Å². The van der Waals surface area contributed by atoms with Crippen molar-refractivity contribution in [2.75, 3.05) is 0 Å². The molecule has 1 amide bonds. The van der Waals surface area contributed by atoms with E-state index in [0.717, 1.165) is 5.56 Å². The summed E-state index contributed by atoms with van der Waals surface area (Å²) in [5, 5.41) is 13.8. The molecule has 2 N–H and O–H groups in total. The molecule has 0 aliphatic rings. The molecule has 0 bridgehead atoms. The van der Waals surface area contributed by atoms with E-state index >= 15 is 0 Å². The molecule has 0 aliphatic heterocycles. The summed E-state index contributed by atoms with van der Waals surface area (Å²) >= 11 is 5.98. The fourth-order valence-electron chi connectivity index (χ4n) is 1.79. The molecular weight excluding hydrogens is 347 g/mol. The molecule has 0 unspecified atom stereocenters. The van der Waals surface area contributed by atoms with E-state index in [9.17, 15) is 14.3 Å². The summed E-state index contributed by atoms with van der Waals surface area (Å²) in [6.45, 7) is 2.95. The Kier molecular flexibility index (Phi) is 6.12. The molecule has 0 radical (unpaired) electrons. The highest BCUT2D eigenvalue weighted by Crippen LogP contribution is 2.22. The Labute approximate surface area is 150 Å². The van der Waals surface area contributed by atoms with Gasteiger partial charge in [0.05, 0.1) is 6.21 Å². The lowest BCUT2D eigenvalue weighted by Crippen LogP contribution is -2.39. The van der Waals surface area contributed by atoms with Crippen molar-refractivity contribution in [2.45, 2.75) is 26.1 Å². The van der Waals surface area contributed by atoms with Gasteiger partial charge in [-0.25, -0.2) is 9.82 Å². The van der Waals surface area contributed by atoms with Crippen molar-refractivity contribution in [1.82, 2.24) is 5.43 Å². The number of nitrogens with one attached hydrogen (secondary N) is 1. The summed E-state index contributed by atoms with van der Waals surface area (Å²) in [6.07, 6.45) is 1.37. The zero-order valence-corrected chi connectivity index (χ0v) is 14.5. The number of hydrogen-bond acceptors (Lipinski definition) is 4. The van der Waals surface area contributed by atoms with Crippen LogP contribution in [-0.4, -0.2) is 22.8 Å². The Morgan fingerprint density at radius 1 is 1.32 bits per heavy atom. The summed E-state index contributed by atoms with van der Waals surface area (Å²) in [7, 11) is 0. The fourth-order valence-corrected chi connectivity index (χ4v) is 1.97. The van der Waals surface area contributed by atoms with Gasteiger partial charge in [0.1, 0.15) is 23.8 Å². The van der Waals surface area contributed by atoms with E-state index in [-0.39, 0.29) is 12.4 Å². The number of amides is 1. The molecule has 2 aromatic rings. The SMILES string of the molecule is CC(C)(O)C(=O)N/N=C/c1cc(Cl)ccc1OCc1ccc(F)cc1. The normalized spacial score (nSPS) is 11.6. The van der Waals surface area contributed by atoms with Gasteiger partial charge in [-0.2, -0.15) is 5.10 Å². The lowest BCUT2D eigenvalue weighted by atomic mass is 10.1. The van der Waals surface area contributed by atoms with Crippen LogP contribution in [0.15, 0.2) is 47.6 Å². The molecule has 2 rings (SSSR count). The quantitative estimate of drug-likeness (QED) is 0.610. The maximum absolute atomic E-state index is 12.9. The van der Waals surface area contributed by atoms with Gasteiger partial charge in [0.15, 0.2) is 0 Å². The Balaban J connectivity index is 2.08. The van der Waals surface area contributed by atoms with Gasteiger partial charge >= 0.3 is 0 Å². The molecule has 0 aliphatic carbocycles. The zero-order valence-electron chi connectivity index (χ0n) is 13.8. The number of carbonyl (C=O) groups is 1. The average Bonchev–Trinajstić information content (AvgIpc) is 2.54. The zero-order chi connectivity index (χ0) is 18.4. The van der Waals surface area contributed by atoms with E-state index in [1.54, 1.807) is 30.3 Å². The van der Waals surface area contributed by atoms with Crippen molar-refractivity contribution in [3.8, 4) is 5.75 Å². The number of halogens is 2. The predicted octanol–water partition coefficient (Wildman–Crippen LogP) is 3.28. The molecule has 0 saturated heterocycles. The molecule has 25 heavy (non-hydrogen) atoms. The molecule has 0 heterocycles. The van der Waals surface area contributed by atoms with Crippen LogP contribution in [0.3, 0.4) is 0 Å². The van der Waals surface area contributed by atoms with Crippen LogP contribution in [0, 0.1) is 5.82 Å². The van der Waals surface area contributed by atoms with Gasteiger partial charge in [-0.3, -0.25) is 4.79 Å². The third-order valence-electron chi connectivity index (χ3n) is 3.20. The molecule has 132 valence electrons. The summed E-state index contributed by atoms with van der Waals surface area (Å²) in [5.74, 6) is -0.458. The van der Waals surface area contributed by atoms with Gasteiger partial charge in [-0.1, -0.05) is 23.7 Å². The lowest BCUT2D eigenvalue weighted by Gasteiger charge is -2.14. The van der Waals surface area contributed by atoms with Crippen molar-refractivity contribution in [2.24, 2.45) is 5.10 Å². The number of aliphatic hydroxyl groups is 1. The molecule has 5 nitrogen and oxygen atoms in total. The maximum Gasteiger partial charge on any atom is 0.271 e. The minimum absolute atomic E-state index is 0.235. The van der Waals surface area contributed by atoms with Crippen molar-refractivity contribution >= 4 is 23.7 Å². The molecule has 0 aromatic heterocycles. The van der Waals surface area contributed by atoms with Crippen LogP contribution in [0.5, 0.6) is 5.75 Å². The Hall–Kier alpha value is -2.44. The van der Waals surface area contributed by atoms with Crippen LogP contribution in [0.4, 0.5) is 4.39 Å². The van der Waals surface area contributed by atoms with E-state index in [2.05, 4.69) is 10.5 Å². The first-order valence-corrected chi connectivity index (χ1v) is 7.86. The minimum Gasteiger partial charge on any atom is -0.488 e. The standard InChI is InChI=1S/C18H18ClFN2O3/c1-18(2,24)17(23)22-21-10-13-9-14(19)5-8-16(13)25-11-12-3-6-15(20)7-4-12/h3-10,24H,11H2,1-2H3,(H,22,23)/b21-10+. The van der Waals surface area contributed by atoms with Gasteiger partial charge in [0, 0.05) is 10.6 Å². The number of hydrazone groups is 1. The Bertz CT molecular complexity index is 771. The predicted molar refractivity (Wildman–Crippen MR) is 94.2 cm³/mol. The van der Waals surface area contributed by atoms with Crippen LogP contribution in [-0.2, 0) is 11.4 Å². The summed E-state index contributed by atoms with van der Waals surface area (Å²) < 4.78 is 18.6. The number of ether oxygens (including phenoxy) is 1. The minimum atomic E-state index is -1.53. The van der Waals surface area contributed by atoms with Crippen molar-refractivity contribution in [3.05, 3.63) is 64.4 Å². The summed E-state index contributed by atoms with van der Waals surface area (Å²) in [5.41, 5.74) is 2.05. The van der Waals surface area contributed by atoms with Gasteiger partial charge in [0.25, 0.3) is 5.91 Å². The molecular formula is C18H18ClFN2O3. The van der Waals surface area contributed by atoms with E-state index in [0.29, 0.717) is 16.3 Å². The van der Waals surface area contributed by atoms with Crippen LogP contribution >= 0.6 is 11.6 Å². The fraction of sp³-hybridized carbons (Fsp3) is 0.222. The number of hydrogen-bond donors (Lipinski definition) is 2. The summed E-state index contributed by atoms with van der Waals surface area (Å²) in [4.78, 5) is 11.6. The van der Waals surface area contributed by atoms with Crippen molar-refractivity contribution in [3.63, 3.8) is 0 Å². The van der Waals surface area contributed by atoms with E-state index in [1.807, 2.05) is 0 Å². The van der Waals surface area contributed by atoms with Crippen LogP contribution in [0.1, 0.15) is 25.0 Å². The molecule has 0 atom stereocenters. The van der Waals surface area contributed by atoms with Crippen LogP contribution in [0.25, 0.3) is 0 Å². The number of rotatable bonds is 6. The first kappa shape index (κ1) is 18.9. The first-order valence-electron chi connectivity index (χ1n) is 7.48. The van der Waals surface area contributed by atoms with Crippen LogP contribution in [0.2, 0.25) is 5.02 Å². The topological polar surface area (TPSA) is 70.9 Å². The average molecular weight is 365 g/mol. The number of benzene rings is 2. The molecule has 0 spiro atoms. The second-order valence-electron chi connectivity index (χ2n) is 5.86. The molecule has 2 aromatic carbocycles. The molecule has 0 saturated carbocycles. The second kappa shape index (κ2) is 8.09. The Morgan fingerprint density at radius 2 is 2.00 bits per heavy atom. The molecule has 0 fully saturated rings. The third-order valence-corrected chi connectivity index (χ3v) is 3.44. The largest absolute Gasteiger partial charge is 0.488 e. The van der Waals surface area contributed by atoms with E-state index in [4.69, 9.17) is 16.3 Å². The second-order valence-corrected chi connectivity index (χ2v) is 6.29. The van der Waals surface area contributed by atoms with Gasteiger partial charge in [-0.05, 0) is 49.7 Å². The van der Waals surface area contributed by atoms with Gasteiger partial charge in [-0.15, -0.1) is 0 Å². The number of nitrogens with zero attached hydrogens (tertiary/aromatic N) is 1. The third kappa shape index (κ3) is 5.85. The van der Waals surface area contributed by atoms with Gasteiger partial charge in [0.2, 0.25) is 0 Å². The molecule has 7 heteroatoms. The lowest BCUT2D eigenvalue weighted by molar-refractivity contribution is -0.136. The van der Waals surface area contributed by atoms with E-state index < -0.39 is 11.5 Å². The highest BCUT2D eigenvalue weighted by Gasteiger charge is 2.22. The number of carbonyl (C=O) groups excluding carboxylic acids is 1.